The molecule has 1 saturated carbocycles. The summed E-state index contributed by atoms with van der Waals surface area (Å²) in [5.74, 6) is -1.69. The van der Waals surface area contributed by atoms with Gasteiger partial charge in [0.05, 0.1) is 19.3 Å². The fraction of sp³-hybridized carbons (Fsp3) is 0.440. The Morgan fingerprint density at radius 3 is 2.45 bits per heavy atom. The molecular formula is C25H29F3O3. The standard InChI is InChI=1S/C25H29F3O3/c1-3-4-13-30-23-12-11-21(24(27)25(23)28)18-7-5-17(6-8-18)15-31-19-9-10-20(16(2)29)22(26)14-19/h3,9-12,14,16-18,29H,1,4-8,13,15H2,2H3. The van der Waals surface area contributed by atoms with E-state index in [1.807, 2.05) is 0 Å². The highest BCUT2D eigenvalue weighted by molar-refractivity contribution is 5.33. The van der Waals surface area contributed by atoms with Gasteiger partial charge in [-0.15, -0.1) is 6.58 Å². The molecule has 0 amide bonds. The number of aliphatic hydroxyl groups is 1. The fourth-order valence-electron chi connectivity index (χ4n) is 4.02. The Morgan fingerprint density at radius 2 is 1.81 bits per heavy atom. The average molecular weight is 434 g/mol. The van der Waals surface area contributed by atoms with E-state index >= 15 is 0 Å². The van der Waals surface area contributed by atoms with Crippen LogP contribution in [0.2, 0.25) is 0 Å². The quantitative estimate of drug-likeness (QED) is 0.363. The van der Waals surface area contributed by atoms with Gasteiger partial charge >= 0.3 is 0 Å². The van der Waals surface area contributed by atoms with Crippen molar-refractivity contribution in [3.63, 3.8) is 0 Å². The van der Waals surface area contributed by atoms with E-state index in [9.17, 15) is 18.3 Å². The lowest BCUT2D eigenvalue weighted by Crippen LogP contribution is -2.20. The van der Waals surface area contributed by atoms with Gasteiger partial charge in [0.2, 0.25) is 5.82 Å². The van der Waals surface area contributed by atoms with Crippen LogP contribution in [0, 0.1) is 23.4 Å². The molecule has 168 valence electrons. The van der Waals surface area contributed by atoms with Gasteiger partial charge in [-0.2, -0.15) is 4.39 Å². The van der Waals surface area contributed by atoms with Crippen LogP contribution < -0.4 is 9.47 Å². The van der Waals surface area contributed by atoms with Crippen LogP contribution in [0.25, 0.3) is 0 Å². The predicted octanol–water partition coefficient (Wildman–Crippen LogP) is 6.46. The van der Waals surface area contributed by atoms with E-state index in [1.165, 1.54) is 25.1 Å². The summed E-state index contributed by atoms with van der Waals surface area (Å²) in [4.78, 5) is 0. The van der Waals surface area contributed by atoms with Crippen LogP contribution in [0.1, 0.15) is 62.2 Å². The maximum absolute atomic E-state index is 14.6. The van der Waals surface area contributed by atoms with Gasteiger partial charge in [-0.3, -0.25) is 0 Å². The van der Waals surface area contributed by atoms with Crippen molar-refractivity contribution in [1.82, 2.24) is 0 Å². The normalized spacial score (nSPS) is 19.6. The molecule has 0 saturated heterocycles. The zero-order valence-electron chi connectivity index (χ0n) is 17.8. The molecule has 1 fully saturated rings. The Hall–Kier alpha value is -2.47. The van der Waals surface area contributed by atoms with Crippen molar-refractivity contribution >= 4 is 0 Å². The van der Waals surface area contributed by atoms with Crippen LogP contribution in [-0.4, -0.2) is 18.3 Å². The molecule has 1 atom stereocenters. The lowest BCUT2D eigenvalue weighted by atomic mass is 9.79. The second-order valence-electron chi connectivity index (χ2n) is 8.09. The van der Waals surface area contributed by atoms with Gasteiger partial charge in [0.15, 0.2) is 11.6 Å². The van der Waals surface area contributed by atoms with Crippen LogP contribution in [-0.2, 0) is 0 Å². The van der Waals surface area contributed by atoms with Crippen molar-refractivity contribution < 1.29 is 27.8 Å². The van der Waals surface area contributed by atoms with Crippen molar-refractivity contribution in [2.45, 2.75) is 51.0 Å². The molecule has 3 nitrogen and oxygen atoms in total. The molecule has 3 rings (SSSR count). The van der Waals surface area contributed by atoms with Crippen LogP contribution in [0.4, 0.5) is 13.2 Å². The predicted molar refractivity (Wildman–Crippen MR) is 114 cm³/mol. The Labute approximate surface area is 181 Å². The first-order valence-electron chi connectivity index (χ1n) is 10.7. The maximum Gasteiger partial charge on any atom is 0.200 e. The van der Waals surface area contributed by atoms with Crippen molar-refractivity contribution in [2.75, 3.05) is 13.2 Å². The molecule has 0 heterocycles. The minimum absolute atomic E-state index is 0.0456. The molecule has 0 aromatic heterocycles. The minimum Gasteiger partial charge on any atom is -0.493 e. The number of benzene rings is 2. The molecule has 0 bridgehead atoms. The van der Waals surface area contributed by atoms with Gasteiger partial charge < -0.3 is 14.6 Å². The Kier molecular flexibility index (Phi) is 8.02. The van der Waals surface area contributed by atoms with Gasteiger partial charge in [-0.25, -0.2) is 8.78 Å². The summed E-state index contributed by atoms with van der Waals surface area (Å²) in [6.07, 6.45) is 4.45. The summed E-state index contributed by atoms with van der Waals surface area (Å²) >= 11 is 0. The third-order valence-corrected chi connectivity index (χ3v) is 5.85. The van der Waals surface area contributed by atoms with E-state index in [1.54, 1.807) is 18.2 Å². The number of hydrogen-bond acceptors (Lipinski definition) is 3. The van der Waals surface area contributed by atoms with Crippen molar-refractivity contribution in [3.8, 4) is 11.5 Å². The largest absolute Gasteiger partial charge is 0.493 e. The summed E-state index contributed by atoms with van der Waals surface area (Å²) in [6, 6.07) is 7.57. The number of ether oxygens (including phenoxy) is 2. The summed E-state index contributed by atoms with van der Waals surface area (Å²) < 4.78 is 53.9. The molecule has 1 unspecified atom stereocenters. The van der Waals surface area contributed by atoms with Crippen LogP contribution >= 0.6 is 0 Å². The van der Waals surface area contributed by atoms with Crippen molar-refractivity contribution in [1.29, 1.82) is 0 Å². The summed E-state index contributed by atoms with van der Waals surface area (Å²) in [5.41, 5.74) is 0.628. The van der Waals surface area contributed by atoms with E-state index in [0.717, 1.165) is 25.7 Å². The Bertz CT molecular complexity index is 890. The van der Waals surface area contributed by atoms with Crippen molar-refractivity contribution in [2.24, 2.45) is 5.92 Å². The molecule has 31 heavy (non-hydrogen) atoms. The fourth-order valence-corrected chi connectivity index (χ4v) is 4.02. The first-order valence-corrected chi connectivity index (χ1v) is 10.7. The molecule has 6 heteroatoms. The molecule has 1 aliphatic carbocycles. The highest BCUT2D eigenvalue weighted by Crippen LogP contribution is 2.39. The first-order chi connectivity index (χ1) is 14.9. The van der Waals surface area contributed by atoms with Gasteiger partial charge in [-0.1, -0.05) is 12.1 Å². The van der Waals surface area contributed by atoms with E-state index in [4.69, 9.17) is 9.47 Å². The lowest BCUT2D eigenvalue weighted by Gasteiger charge is -2.29. The molecular weight excluding hydrogens is 405 g/mol. The molecule has 1 N–H and O–H groups in total. The van der Waals surface area contributed by atoms with E-state index < -0.39 is 23.6 Å². The third-order valence-electron chi connectivity index (χ3n) is 5.85. The lowest BCUT2D eigenvalue weighted by molar-refractivity contribution is 0.190. The zero-order chi connectivity index (χ0) is 22.4. The summed E-state index contributed by atoms with van der Waals surface area (Å²) in [5, 5.41) is 9.51. The zero-order valence-corrected chi connectivity index (χ0v) is 17.8. The van der Waals surface area contributed by atoms with Gasteiger partial charge in [-0.05, 0) is 74.6 Å². The molecule has 0 spiro atoms. The number of rotatable bonds is 9. The highest BCUT2D eigenvalue weighted by Gasteiger charge is 2.27. The highest BCUT2D eigenvalue weighted by atomic mass is 19.2. The SMILES string of the molecule is C=CCCOc1ccc(C2CCC(COc3ccc(C(C)O)c(F)c3)CC2)c(F)c1F. The summed E-state index contributed by atoms with van der Waals surface area (Å²) in [7, 11) is 0. The van der Waals surface area contributed by atoms with Crippen LogP contribution in [0.15, 0.2) is 43.0 Å². The molecule has 1 aliphatic rings. The summed E-state index contributed by atoms with van der Waals surface area (Å²) in [6.45, 7) is 5.78. The minimum atomic E-state index is -0.935. The smallest absolute Gasteiger partial charge is 0.200 e. The molecule has 0 aliphatic heterocycles. The van der Waals surface area contributed by atoms with Crippen LogP contribution in [0.5, 0.6) is 11.5 Å². The maximum atomic E-state index is 14.6. The number of halogens is 3. The monoisotopic (exact) mass is 434 g/mol. The first kappa shape index (κ1) is 23.2. The van der Waals surface area contributed by atoms with Gasteiger partial charge in [0.25, 0.3) is 0 Å². The van der Waals surface area contributed by atoms with Crippen LogP contribution in [0.3, 0.4) is 0 Å². The molecule has 0 radical (unpaired) electrons. The van der Waals surface area contributed by atoms with E-state index in [0.29, 0.717) is 24.3 Å². The third kappa shape index (κ3) is 5.82. The van der Waals surface area contributed by atoms with Gasteiger partial charge in [0.1, 0.15) is 11.6 Å². The Morgan fingerprint density at radius 1 is 1.06 bits per heavy atom. The number of hydrogen-bond donors (Lipinski definition) is 1. The van der Waals surface area contributed by atoms with E-state index in [2.05, 4.69) is 6.58 Å². The Balaban J connectivity index is 1.53. The van der Waals surface area contributed by atoms with Gasteiger partial charge in [0, 0.05) is 11.6 Å². The second-order valence-corrected chi connectivity index (χ2v) is 8.09. The molecule has 2 aromatic rings. The molecule has 2 aromatic carbocycles. The second kappa shape index (κ2) is 10.7. The average Bonchev–Trinajstić information content (AvgIpc) is 2.76. The van der Waals surface area contributed by atoms with Crippen molar-refractivity contribution in [3.05, 3.63) is 71.6 Å². The number of aliphatic hydroxyl groups excluding tert-OH is 1. The topological polar surface area (TPSA) is 38.7 Å². The van der Waals surface area contributed by atoms with E-state index in [-0.39, 0.29) is 29.8 Å².